The zero-order chi connectivity index (χ0) is 9.97. The molecule has 0 radical (unpaired) electrons. The van der Waals surface area contributed by atoms with E-state index >= 15 is 0 Å². The van der Waals surface area contributed by atoms with Crippen LogP contribution in [-0.2, 0) is 0 Å². The summed E-state index contributed by atoms with van der Waals surface area (Å²) < 4.78 is 13.3. The number of hydrogen-bond acceptors (Lipinski definition) is 4. The maximum Gasteiger partial charge on any atom is 0.135 e. The Morgan fingerprint density at radius 1 is 1.29 bits per heavy atom. The van der Waals surface area contributed by atoms with E-state index in [1.807, 2.05) is 0 Å². The molecule has 0 spiro atoms. The minimum Gasteiger partial charge on any atom is -0.384 e. The predicted molar refractivity (Wildman–Crippen MR) is 49.6 cm³/mol. The molecule has 70 valence electrons. The average Bonchev–Trinajstić information content (AvgIpc) is 2.18. The molecule has 5 heteroatoms. The van der Waals surface area contributed by atoms with Crippen LogP contribution in [0.4, 0.5) is 10.2 Å². The smallest absolute Gasteiger partial charge is 0.135 e. The maximum atomic E-state index is 13.3. The van der Waals surface area contributed by atoms with Crippen LogP contribution in [0.2, 0.25) is 0 Å². The summed E-state index contributed by atoms with van der Waals surface area (Å²) in [7, 11) is 0. The van der Waals surface area contributed by atoms with E-state index in [4.69, 9.17) is 5.73 Å². The largest absolute Gasteiger partial charge is 0.384 e. The van der Waals surface area contributed by atoms with Crippen LogP contribution >= 0.6 is 0 Å². The summed E-state index contributed by atoms with van der Waals surface area (Å²) in [4.78, 5) is 11.4. The Bertz CT molecular complexity index is 458. The zero-order valence-corrected chi connectivity index (χ0v) is 7.18. The Morgan fingerprint density at radius 3 is 2.86 bits per heavy atom. The molecule has 14 heavy (non-hydrogen) atoms. The van der Waals surface area contributed by atoms with Crippen LogP contribution in [0.25, 0.3) is 11.3 Å². The van der Waals surface area contributed by atoms with Gasteiger partial charge in [0.1, 0.15) is 18.0 Å². The molecule has 0 aliphatic heterocycles. The van der Waals surface area contributed by atoms with Crippen molar-refractivity contribution in [3.63, 3.8) is 0 Å². The fourth-order valence-electron chi connectivity index (χ4n) is 1.09. The second-order valence-electron chi connectivity index (χ2n) is 2.68. The number of nitrogens with zero attached hydrogens (tertiary/aromatic N) is 3. The van der Waals surface area contributed by atoms with Gasteiger partial charge in [-0.05, 0) is 6.07 Å². The minimum atomic E-state index is -0.377. The number of anilines is 1. The van der Waals surface area contributed by atoms with Gasteiger partial charge < -0.3 is 5.73 Å². The number of aromatic nitrogens is 3. The molecule has 2 aromatic rings. The molecule has 0 fully saturated rings. The SMILES string of the molecule is Nc1cc(-c2cnccc2F)ncn1. The quantitative estimate of drug-likeness (QED) is 0.735. The lowest BCUT2D eigenvalue weighted by molar-refractivity contribution is 0.628. The summed E-state index contributed by atoms with van der Waals surface area (Å²) in [6, 6.07) is 2.77. The lowest BCUT2D eigenvalue weighted by atomic mass is 10.2. The van der Waals surface area contributed by atoms with E-state index in [1.54, 1.807) is 0 Å². The number of nitrogen functional groups attached to an aromatic ring is 1. The average molecular weight is 190 g/mol. The maximum absolute atomic E-state index is 13.3. The summed E-state index contributed by atoms with van der Waals surface area (Å²) >= 11 is 0. The molecule has 0 saturated heterocycles. The first-order valence-electron chi connectivity index (χ1n) is 3.95. The van der Waals surface area contributed by atoms with Crippen molar-refractivity contribution in [3.05, 3.63) is 36.7 Å². The van der Waals surface area contributed by atoms with Gasteiger partial charge in [0.25, 0.3) is 0 Å². The molecule has 0 atom stereocenters. The van der Waals surface area contributed by atoms with Crippen LogP contribution in [0.15, 0.2) is 30.9 Å². The third kappa shape index (κ3) is 1.52. The van der Waals surface area contributed by atoms with Crippen LogP contribution < -0.4 is 5.73 Å². The first-order chi connectivity index (χ1) is 6.77. The topological polar surface area (TPSA) is 64.7 Å². The van der Waals surface area contributed by atoms with Gasteiger partial charge in [-0.25, -0.2) is 14.4 Å². The van der Waals surface area contributed by atoms with Gasteiger partial charge in [-0.15, -0.1) is 0 Å². The lowest BCUT2D eigenvalue weighted by Crippen LogP contribution is -1.94. The van der Waals surface area contributed by atoms with E-state index in [2.05, 4.69) is 15.0 Å². The number of hydrogen-bond donors (Lipinski definition) is 1. The van der Waals surface area contributed by atoms with E-state index in [9.17, 15) is 4.39 Å². The highest BCUT2D eigenvalue weighted by Gasteiger charge is 2.05. The molecule has 2 N–H and O–H groups in total. The van der Waals surface area contributed by atoms with Crippen molar-refractivity contribution in [2.45, 2.75) is 0 Å². The first-order valence-corrected chi connectivity index (χ1v) is 3.95. The zero-order valence-electron chi connectivity index (χ0n) is 7.18. The molecule has 0 bridgehead atoms. The third-order valence-electron chi connectivity index (χ3n) is 1.73. The normalized spacial score (nSPS) is 10.1. The molecule has 0 unspecified atom stereocenters. The molecule has 0 amide bonds. The summed E-state index contributed by atoms with van der Waals surface area (Å²) in [5.41, 5.74) is 6.21. The van der Waals surface area contributed by atoms with Gasteiger partial charge in [-0.2, -0.15) is 0 Å². The summed E-state index contributed by atoms with van der Waals surface area (Å²) in [6.07, 6.45) is 4.07. The van der Waals surface area contributed by atoms with Crippen molar-refractivity contribution in [2.75, 3.05) is 5.73 Å². The van der Waals surface area contributed by atoms with Gasteiger partial charge in [0.2, 0.25) is 0 Å². The molecular formula is C9H7FN4. The number of pyridine rings is 1. The van der Waals surface area contributed by atoms with Gasteiger partial charge in [-0.1, -0.05) is 0 Å². The molecule has 4 nitrogen and oxygen atoms in total. The summed E-state index contributed by atoms with van der Waals surface area (Å²) in [5, 5.41) is 0. The van der Waals surface area contributed by atoms with Crippen LogP contribution in [0.3, 0.4) is 0 Å². The Kier molecular flexibility index (Phi) is 2.06. The van der Waals surface area contributed by atoms with Crippen LogP contribution in [0.5, 0.6) is 0 Å². The highest BCUT2D eigenvalue weighted by atomic mass is 19.1. The van der Waals surface area contributed by atoms with E-state index in [0.29, 0.717) is 17.1 Å². The summed E-state index contributed by atoms with van der Waals surface area (Å²) in [6.45, 7) is 0. The van der Waals surface area contributed by atoms with Gasteiger partial charge in [0.05, 0.1) is 11.3 Å². The Labute approximate surface area is 79.7 Å². The standard InChI is InChI=1S/C9H7FN4/c10-7-1-2-12-4-6(7)8-3-9(11)14-5-13-8/h1-5H,(H2,11,13,14). The van der Waals surface area contributed by atoms with Crippen LogP contribution in [0.1, 0.15) is 0 Å². The Morgan fingerprint density at radius 2 is 2.14 bits per heavy atom. The van der Waals surface area contributed by atoms with Gasteiger partial charge >= 0.3 is 0 Å². The number of rotatable bonds is 1. The first kappa shape index (κ1) is 8.55. The van der Waals surface area contributed by atoms with E-state index < -0.39 is 0 Å². The molecule has 2 aromatic heterocycles. The lowest BCUT2D eigenvalue weighted by Gasteiger charge is -2.01. The minimum absolute atomic E-state index is 0.304. The van der Waals surface area contributed by atoms with E-state index in [0.717, 1.165) is 0 Å². The second kappa shape index (κ2) is 3.37. The molecule has 0 saturated carbocycles. The third-order valence-corrected chi connectivity index (χ3v) is 1.73. The van der Waals surface area contributed by atoms with Crippen molar-refractivity contribution < 1.29 is 4.39 Å². The van der Waals surface area contributed by atoms with Crippen molar-refractivity contribution in [1.29, 1.82) is 0 Å². The van der Waals surface area contributed by atoms with E-state index in [1.165, 1.54) is 30.9 Å². The predicted octanol–water partition coefficient (Wildman–Crippen LogP) is 1.26. The molecule has 2 rings (SSSR count). The van der Waals surface area contributed by atoms with Gasteiger partial charge in [-0.3, -0.25) is 4.98 Å². The Balaban J connectivity index is 2.55. The number of nitrogens with two attached hydrogens (primary N) is 1. The monoisotopic (exact) mass is 190 g/mol. The Hall–Kier alpha value is -2.04. The van der Waals surface area contributed by atoms with Crippen LogP contribution in [0, 0.1) is 5.82 Å². The molecular weight excluding hydrogens is 183 g/mol. The molecule has 2 heterocycles. The van der Waals surface area contributed by atoms with Gasteiger partial charge in [0.15, 0.2) is 0 Å². The van der Waals surface area contributed by atoms with Crippen molar-refractivity contribution >= 4 is 5.82 Å². The molecule has 0 aliphatic carbocycles. The van der Waals surface area contributed by atoms with Crippen molar-refractivity contribution in [2.24, 2.45) is 0 Å². The van der Waals surface area contributed by atoms with E-state index in [-0.39, 0.29) is 5.82 Å². The second-order valence-corrected chi connectivity index (χ2v) is 2.68. The molecule has 0 aliphatic rings. The van der Waals surface area contributed by atoms with Crippen molar-refractivity contribution in [3.8, 4) is 11.3 Å². The highest BCUT2D eigenvalue weighted by Crippen LogP contribution is 2.19. The highest BCUT2D eigenvalue weighted by molar-refractivity contribution is 5.60. The fourth-order valence-corrected chi connectivity index (χ4v) is 1.09. The van der Waals surface area contributed by atoms with Crippen LogP contribution in [-0.4, -0.2) is 15.0 Å². The molecule has 0 aromatic carbocycles. The fraction of sp³-hybridized carbons (Fsp3) is 0. The number of halogens is 1. The van der Waals surface area contributed by atoms with Crippen molar-refractivity contribution in [1.82, 2.24) is 15.0 Å². The van der Waals surface area contributed by atoms with Gasteiger partial charge in [0, 0.05) is 18.5 Å². The summed E-state index contributed by atoms with van der Waals surface area (Å²) in [5.74, 6) is -0.0728.